The van der Waals surface area contributed by atoms with Crippen LogP contribution in [-0.4, -0.2) is 13.7 Å². The average molecular weight is 264 g/mol. The van der Waals surface area contributed by atoms with Gasteiger partial charge in [-0.2, -0.15) is 0 Å². The minimum absolute atomic E-state index is 0.287. The second-order valence-corrected chi connectivity index (χ2v) is 3.47. The molecule has 0 aromatic heterocycles. The molecule has 0 radical (unpaired) electrons. The van der Waals surface area contributed by atoms with E-state index in [2.05, 4.69) is 20.8 Å². The van der Waals surface area contributed by atoms with Crippen LogP contribution in [0.1, 0.15) is 5.56 Å². The largest absolute Gasteiger partial charge is 0.495 e. The molecular formula is C9H11BrFNO2. The summed E-state index contributed by atoms with van der Waals surface area (Å²) in [5.74, 6) is 5.00. The molecular weight excluding hydrogens is 253 g/mol. The summed E-state index contributed by atoms with van der Waals surface area (Å²) in [6.45, 7) is 0.287. The molecule has 2 N–H and O–H groups in total. The Bertz CT molecular complexity index is 320. The van der Waals surface area contributed by atoms with Crippen LogP contribution < -0.4 is 10.6 Å². The predicted octanol–water partition coefficient (Wildman–Crippen LogP) is 2.03. The lowest BCUT2D eigenvalue weighted by Crippen LogP contribution is -2.05. The molecule has 0 amide bonds. The molecule has 0 fully saturated rings. The Kier molecular flexibility index (Phi) is 4.31. The van der Waals surface area contributed by atoms with E-state index in [9.17, 15) is 4.39 Å². The first-order valence-corrected chi connectivity index (χ1v) is 4.82. The van der Waals surface area contributed by atoms with Gasteiger partial charge in [0.2, 0.25) is 0 Å². The van der Waals surface area contributed by atoms with Gasteiger partial charge in [-0.15, -0.1) is 0 Å². The van der Waals surface area contributed by atoms with Crippen LogP contribution in [0.25, 0.3) is 0 Å². The minimum atomic E-state index is -0.332. The molecule has 0 aliphatic heterocycles. The van der Waals surface area contributed by atoms with E-state index in [0.29, 0.717) is 22.2 Å². The summed E-state index contributed by atoms with van der Waals surface area (Å²) in [7, 11) is 1.49. The number of nitrogens with two attached hydrogens (primary N) is 1. The molecule has 78 valence electrons. The molecule has 0 atom stereocenters. The number of methoxy groups -OCH3 is 1. The Labute approximate surface area is 90.1 Å². The van der Waals surface area contributed by atoms with Crippen molar-refractivity contribution in [1.29, 1.82) is 0 Å². The molecule has 0 saturated heterocycles. The van der Waals surface area contributed by atoms with Crippen LogP contribution in [0.5, 0.6) is 5.75 Å². The number of benzene rings is 1. The molecule has 0 heterocycles. The van der Waals surface area contributed by atoms with Crippen molar-refractivity contribution in [1.82, 2.24) is 0 Å². The average Bonchev–Trinajstić information content (AvgIpc) is 2.20. The topological polar surface area (TPSA) is 44.5 Å². The molecule has 0 bridgehead atoms. The number of rotatable bonds is 4. The third-order valence-corrected chi connectivity index (χ3v) is 2.57. The van der Waals surface area contributed by atoms with Crippen molar-refractivity contribution < 1.29 is 14.0 Å². The summed E-state index contributed by atoms with van der Waals surface area (Å²) in [6, 6.07) is 3.34. The molecule has 1 rings (SSSR count). The lowest BCUT2D eigenvalue weighted by atomic mass is 10.1. The maximum atomic E-state index is 13.5. The predicted molar refractivity (Wildman–Crippen MR) is 54.5 cm³/mol. The smallest absolute Gasteiger partial charge is 0.144 e. The van der Waals surface area contributed by atoms with Crippen LogP contribution >= 0.6 is 15.9 Å². The van der Waals surface area contributed by atoms with Gasteiger partial charge in [-0.05, 0) is 27.6 Å². The molecule has 14 heavy (non-hydrogen) atoms. The first kappa shape index (κ1) is 11.4. The highest BCUT2D eigenvalue weighted by molar-refractivity contribution is 9.10. The van der Waals surface area contributed by atoms with Crippen LogP contribution in [0.4, 0.5) is 4.39 Å². The van der Waals surface area contributed by atoms with Crippen molar-refractivity contribution >= 4 is 15.9 Å². The van der Waals surface area contributed by atoms with E-state index in [-0.39, 0.29) is 12.4 Å². The van der Waals surface area contributed by atoms with Gasteiger partial charge >= 0.3 is 0 Å². The monoisotopic (exact) mass is 263 g/mol. The lowest BCUT2D eigenvalue weighted by Gasteiger charge is -2.07. The van der Waals surface area contributed by atoms with Crippen molar-refractivity contribution in [2.75, 3.05) is 13.7 Å². The van der Waals surface area contributed by atoms with Crippen LogP contribution in [0.15, 0.2) is 16.6 Å². The lowest BCUT2D eigenvalue weighted by molar-refractivity contribution is 0.140. The normalized spacial score (nSPS) is 10.3. The summed E-state index contributed by atoms with van der Waals surface area (Å²) < 4.78 is 18.8. The Morgan fingerprint density at radius 1 is 1.50 bits per heavy atom. The van der Waals surface area contributed by atoms with E-state index in [4.69, 9.17) is 10.6 Å². The third-order valence-electron chi connectivity index (χ3n) is 1.84. The number of hydrogen-bond acceptors (Lipinski definition) is 3. The van der Waals surface area contributed by atoms with Gasteiger partial charge in [-0.25, -0.2) is 10.3 Å². The number of hydrogen-bond donors (Lipinski definition) is 1. The zero-order valence-corrected chi connectivity index (χ0v) is 9.30. The third kappa shape index (κ3) is 2.43. The fraction of sp³-hybridized carbons (Fsp3) is 0.333. The molecule has 0 saturated carbocycles. The zero-order valence-electron chi connectivity index (χ0n) is 7.72. The Hall–Kier alpha value is -0.650. The highest BCUT2D eigenvalue weighted by atomic mass is 79.9. The summed E-state index contributed by atoms with van der Waals surface area (Å²) in [5.41, 5.74) is 0.545. The van der Waals surface area contributed by atoms with Crippen LogP contribution in [-0.2, 0) is 11.3 Å². The van der Waals surface area contributed by atoms with Crippen molar-refractivity contribution in [2.24, 2.45) is 5.90 Å². The van der Waals surface area contributed by atoms with E-state index < -0.39 is 0 Å². The standard InChI is InChI=1S/C9H11BrFNO2/c1-13-7-3-2-6(4-5-14-12)9(11)8(7)10/h2-3H,4-5,12H2,1H3. The Morgan fingerprint density at radius 3 is 2.79 bits per heavy atom. The van der Waals surface area contributed by atoms with Gasteiger partial charge in [0.1, 0.15) is 11.6 Å². The molecule has 1 aromatic carbocycles. The minimum Gasteiger partial charge on any atom is -0.495 e. The quantitative estimate of drug-likeness (QED) is 0.846. The van der Waals surface area contributed by atoms with Gasteiger partial charge in [0.25, 0.3) is 0 Å². The Morgan fingerprint density at radius 2 is 2.21 bits per heavy atom. The van der Waals surface area contributed by atoms with Gasteiger partial charge < -0.3 is 9.57 Å². The summed E-state index contributed by atoms with van der Waals surface area (Å²) in [6.07, 6.45) is 0.435. The second kappa shape index (κ2) is 5.29. The summed E-state index contributed by atoms with van der Waals surface area (Å²) in [4.78, 5) is 4.38. The van der Waals surface area contributed by atoms with Gasteiger partial charge in [-0.1, -0.05) is 6.07 Å². The van der Waals surface area contributed by atoms with Crippen molar-refractivity contribution in [2.45, 2.75) is 6.42 Å². The fourth-order valence-corrected chi connectivity index (χ4v) is 1.64. The van der Waals surface area contributed by atoms with Gasteiger partial charge in [0, 0.05) is 6.42 Å². The highest BCUT2D eigenvalue weighted by Gasteiger charge is 2.10. The van der Waals surface area contributed by atoms with Crippen LogP contribution in [0.3, 0.4) is 0 Å². The molecule has 0 aliphatic carbocycles. The maximum absolute atomic E-state index is 13.5. The summed E-state index contributed by atoms with van der Waals surface area (Å²) >= 11 is 3.11. The molecule has 3 nitrogen and oxygen atoms in total. The number of halogens is 2. The van der Waals surface area contributed by atoms with Gasteiger partial charge in [-0.3, -0.25) is 0 Å². The highest BCUT2D eigenvalue weighted by Crippen LogP contribution is 2.29. The molecule has 5 heteroatoms. The zero-order chi connectivity index (χ0) is 10.6. The Balaban J connectivity index is 2.92. The first-order chi connectivity index (χ1) is 6.70. The SMILES string of the molecule is COc1ccc(CCON)c(F)c1Br. The molecule has 1 aromatic rings. The summed E-state index contributed by atoms with van der Waals surface area (Å²) in [5, 5.41) is 0. The number of ether oxygens (including phenoxy) is 1. The second-order valence-electron chi connectivity index (χ2n) is 2.68. The molecule has 0 aliphatic rings. The van der Waals surface area contributed by atoms with E-state index in [0.717, 1.165) is 0 Å². The fourth-order valence-electron chi connectivity index (χ4n) is 1.09. The van der Waals surface area contributed by atoms with Crippen molar-refractivity contribution in [3.63, 3.8) is 0 Å². The van der Waals surface area contributed by atoms with E-state index in [1.54, 1.807) is 12.1 Å². The van der Waals surface area contributed by atoms with Gasteiger partial charge in [0.15, 0.2) is 0 Å². The van der Waals surface area contributed by atoms with E-state index in [1.807, 2.05) is 0 Å². The van der Waals surface area contributed by atoms with E-state index >= 15 is 0 Å². The van der Waals surface area contributed by atoms with Gasteiger partial charge in [0.05, 0.1) is 18.2 Å². The van der Waals surface area contributed by atoms with E-state index in [1.165, 1.54) is 7.11 Å². The van der Waals surface area contributed by atoms with Crippen molar-refractivity contribution in [3.8, 4) is 5.75 Å². The molecule has 0 unspecified atom stereocenters. The molecule has 0 spiro atoms. The van der Waals surface area contributed by atoms with Crippen molar-refractivity contribution in [3.05, 3.63) is 28.0 Å². The maximum Gasteiger partial charge on any atom is 0.144 e. The van der Waals surface area contributed by atoms with Crippen LogP contribution in [0.2, 0.25) is 0 Å². The first-order valence-electron chi connectivity index (χ1n) is 4.03. The van der Waals surface area contributed by atoms with Crippen LogP contribution in [0, 0.1) is 5.82 Å².